The molecule has 0 unspecified atom stereocenters. The second-order valence-corrected chi connectivity index (χ2v) is 3.50. The zero-order valence-corrected chi connectivity index (χ0v) is 9.35. The Bertz CT molecular complexity index is 325. The fourth-order valence-corrected chi connectivity index (χ4v) is 1.17. The molecule has 0 aliphatic heterocycles. The van der Waals surface area contributed by atoms with Crippen molar-refractivity contribution in [3.05, 3.63) is 23.8 Å². The molecule has 16 heavy (non-hydrogen) atoms. The monoisotopic (exact) mass is 224 g/mol. The SMILES string of the molecule is Cc1ncc(CCOCCCC(=O)O)cn1. The fraction of sp³-hybridized carbons (Fsp3) is 0.545. The van der Waals surface area contributed by atoms with Crippen molar-refractivity contribution in [2.24, 2.45) is 0 Å². The van der Waals surface area contributed by atoms with Crippen molar-refractivity contribution in [2.45, 2.75) is 26.2 Å². The summed E-state index contributed by atoms with van der Waals surface area (Å²) in [6, 6.07) is 0. The highest BCUT2D eigenvalue weighted by Gasteiger charge is 1.97. The van der Waals surface area contributed by atoms with Gasteiger partial charge in [0, 0.05) is 25.4 Å². The van der Waals surface area contributed by atoms with Crippen LogP contribution < -0.4 is 0 Å². The van der Waals surface area contributed by atoms with Crippen LogP contribution in [0, 0.1) is 6.92 Å². The summed E-state index contributed by atoms with van der Waals surface area (Å²) < 4.78 is 5.30. The molecule has 88 valence electrons. The third-order valence-electron chi connectivity index (χ3n) is 2.05. The molecular weight excluding hydrogens is 208 g/mol. The molecule has 5 heteroatoms. The molecule has 0 atom stereocenters. The molecule has 0 amide bonds. The highest BCUT2D eigenvalue weighted by molar-refractivity contribution is 5.66. The van der Waals surface area contributed by atoms with Gasteiger partial charge < -0.3 is 9.84 Å². The number of hydrogen-bond donors (Lipinski definition) is 1. The molecule has 1 aromatic rings. The van der Waals surface area contributed by atoms with Gasteiger partial charge >= 0.3 is 5.97 Å². The van der Waals surface area contributed by atoms with E-state index in [4.69, 9.17) is 9.84 Å². The highest BCUT2D eigenvalue weighted by atomic mass is 16.5. The summed E-state index contributed by atoms with van der Waals surface area (Å²) in [4.78, 5) is 18.4. The summed E-state index contributed by atoms with van der Waals surface area (Å²) in [6.07, 6.45) is 5.03. The van der Waals surface area contributed by atoms with Crippen LogP contribution in [0.3, 0.4) is 0 Å². The van der Waals surface area contributed by atoms with E-state index in [0.29, 0.717) is 19.6 Å². The number of aliphatic carboxylic acids is 1. The molecule has 5 nitrogen and oxygen atoms in total. The van der Waals surface area contributed by atoms with Crippen molar-refractivity contribution < 1.29 is 14.6 Å². The number of carboxylic acids is 1. The Morgan fingerprint density at radius 3 is 2.69 bits per heavy atom. The van der Waals surface area contributed by atoms with E-state index >= 15 is 0 Å². The van der Waals surface area contributed by atoms with Crippen LogP contribution in [0.15, 0.2) is 12.4 Å². The summed E-state index contributed by atoms with van der Waals surface area (Å²) in [5.41, 5.74) is 1.03. The Morgan fingerprint density at radius 2 is 2.06 bits per heavy atom. The Balaban J connectivity index is 2.07. The van der Waals surface area contributed by atoms with Crippen molar-refractivity contribution >= 4 is 5.97 Å². The molecule has 0 radical (unpaired) electrons. The Hall–Kier alpha value is -1.49. The van der Waals surface area contributed by atoms with E-state index in [0.717, 1.165) is 17.8 Å². The zero-order valence-electron chi connectivity index (χ0n) is 9.35. The van der Waals surface area contributed by atoms with Gasteiger partial charge in [-0.1, -0.05) is 0 Å². The first kappa shape index (κ1) is 12.6. The van der Waals surface area contributed by atoms with Gasteiger partial charge in [0.1, 0.15) is 5.82 Å². The quantitative estimate of drug-likeness (QED) is 0.705. The summed E-state index contributed by atoms with van der Waals surface area (Å²) in [5.74, 6) is -0.0262. The first-order valence-electron chi connectivity index (χ1n) is 5.25. The lowest BCUT2D eigenvalue weighted by Crippen LogP contribution is -2.03. The molecule has 1 heterocycles. The Morgan fingerprint density at radius 1 is 1.38 bits per heavy atom. The molecule has 0 aromatic carbocycles. The van der Waals surface area contributed by atoms with Crippen LogP contribution in [0.4, 0.5) is 0 Å². The molecule has 0 spiro atoms. The first-order valence-corrected chi connectivity index (χ1v) is 5.25. The minimum absolute atomic E-state index is 0.160. The van der Waals surface area contributed by atoms with Crippen molar-refractivity contribution in [1.82, 2.24) is 9.97 Å². The maximum atomic E-state index is 10.2. The van der Waals surface area contributed by atoms with E-state index in [1.165, 1.54) is 0 Å². The lowest BCUT2D eigenvalue weighted by molar-refractivity contribution is -0.137. The molecule has 0 fully saturated rings. The van der Waals surface area contributed by atoms with Crippen LogP contribution in [0.1, 0.15) is 24.2 Å². The van der Waals surface area contributed by atoms with E-state index in [2.05, 4.69) is 9.97 Å². The number of carboxylic acid groups (broad SMARTS) is 1. The maximum absolute atomic E-state index is 10.2. The van der Waals surface area contributed by atoms with Crippen molar-refractivity contribution in [3.63, 3.8) is 0 Å². The number of hydrogen-bond acceptors (Lipinski definition) is 4. The molecule has 0 bridgehead atoms. The Labute approximate surface area is 94.5 Å². The zero-order chi connectivity index (χ0) is 11.8. The van der Waals surface area contributed by atoms with E-state index < -0.39 is 5.97 Å². The lowest BCUT2D eigenvalue weighted by Gasteiger charge is -2.03. The normalized spacial score (nSPS) is 10.3. The van der Waals surface area contributed by atoms with Crippen molar-refractivity contribution in [1.29, 1.82) is 0 Å². The summed E-state index contributed by atoms with van der Waals surface area (Å²) in [5, 5.41) is 8.40. The van der Waals surface area contributed by atoms with E-state index in [1.54, 1.807) is 12.4 Å². The molecule has 0 saturated heterocycles. The number of carbonyl (C=O) groups is 1. The summed E-state index contributed by atoms with van der Waals surface area (Å²) in [6.45, 7) is 2.90. The Kier molecular flexibility index (Phi) is 5.42. The van der Waals surface area contributed by atoms with Gasteiger partial charge in [0.2, 0.25) is 0 Å². The average Bonchev–Trinajstić information content (AvgIpc) is 2.25. The number of aromatic nitrogens is 2. The fourth-order valence-electron chi connectivity index (χ4n) is 1.17. The van der Waals surface area contributed by atoms with Gasteiger partial charge in [-0.25, -0.2) is 9.97 Å². The molecule has 0 aliphatic carbocycles. The van der Waals surface area contributed by atoms with Gasteiger partial charge in [0.25, 0.3) is 0 Å². The van der Waals surface area contributed by atoms with Gasteiger partial charge in [0.05, 0.1) is 6.61 Å². The third-order valence-corrected chi connectivity index (χ3v) is 2.05. The van der Waals surface area contributed by atoms with Crippen LogP contribution in [0.2, 0.25) is 0 Å². The standard InChI is InChI=1S/C11H16N2O3/c1-9-12-7-10(8-13-9)4-6-16-5-2-3-11(14)15/h7-8H,2-6H2,1H3,(H,14,15). The molecule has 1 aromatic heterocycles. The first-order chi connectivity index (χ1) is 7.68. The molecular formula is C11H16N2O3. The number of nitrogens with zero attached hydrogens (tertiary/aromatic N) is 2. The predicted octanol–water partition coefficient (Wildman–Crippen LogP) is 1.21. The summed E-state index contributed by atoms with van der Waals surface area (Å²) in [7, 11) is 0. The molecule has 1 rings (SSSR count). The lowest BCUT2D eigenvalue weighted by atomic mass is 10.2. The largest absolute Gasteiger partial charge is 0.481 e. The van der Waals surface area contributed by atoms with Gasteiger partial charge in [-0.3, -0.25) is 4.79 Å². The number of ether oxygens (including phenoxy) is 1. The van der Waals surface area contributed by atoms with Gasteiger partial charge in [-0.05, 0) is 25.3 Å². The maximum Gasteiger partial charge on any atom is 0.303 e. The average molecular weight is 224 g/mol. The molecule has 0 aliphatic rings. The van der Waals surface area contributed by atoms with Gasteiger partial charge in [-0.15, -0.1) is 0 Å². The van der Waals surface area contributed by atoms with Crippen LogP contribution in [0.25, 0.3) is 0 Å². The number of aryl methyl sites for hydroxylation is 1. The number of rotatable bonds is 7. The van der Waals surface area contributed by atoms with Crippen LogP contribution >= 0.6 is 0 Å². The second kappa shape index (κ2) is 6.90. The van der Waals surface area contributed by atoms with Gasteiger partial charge in [-0.2, -0.15) is 0 Å². The topological polar surface area (TPSA) is 72.3 Å². The highest BCUT2D eigenvalue weighted by Crippen LogP contribution is 1.98. The van der Waals surface area contributed by atoms with E-state index in [9.17, 15) is 4.79 Å². The van der Waals surface area contributed by atoms with Crippen LogP contribution in [0.5, 0.6) is 0 Å². The third kappa shape index (κ3) is 5.41. The van der Waals surface area contributed by atoms with Crippen molar-refractivity contribution in [3.8, 4) is 0 Å². The minimum Gasteiger partial charge on any atom is -0.481 e. The van der Waals surface area contributed by atoms with Crippen LogP contribution in [-0.2, 0) is 16.0 Å². The minimum atomic E-state index is -0.782. The molecule has 1 N–H and O–H groups in total. The molecule has 0 saturated carbocycles. The van der Waals surface area contributed by atoms with E-state index in [1.807, 2.05) is 6.92 Å². The predicted molar refractivity (Wildman–Crippen MR) is 58.2 cm³/mol. The summed E-state index contributed by atoms with van der Waals surface area (Å²) >= 11 is 0. The van der Waals surface area contributed by atoms with Crippen LogP contribution in [-0.4, -0.2) is 34.3 Å². The second-order valence-electron chi connectivity index (χ2n) is 3.50. The smallest absolute Gasteiger partial charge is 0.303 e. The van der Waals surface area contributed by atoms with E-state index in [-0.39, 0.29) is 6.42 Å². The van der Waals surface area contributed by atoms with Crippen molar-refractivity contribution in [2.75, 3.05) is 13.2 Å². The van der Waals surface area contributed by atoms with Gasteiger partial charge in [0.15, 0.2) is 0 Å².